The molecule has 3 nitrogen and oxygen atoms in total. The van der Waals surface area contributed by atoms with Crippen molar-refractivity contribution in [3.8, 4) is 0 Å². The van der Waals surface area contributed by atoms with Crippen molar-refractivity contribution < 1.29 is 0 Å². The van der Waals surface area contributed by atoms with E-state index in [1.807, 2.05) is 0 Å². The van der Waals surface area contributed by atoms with Crippen molar-refractivity contribution in [3.05, 3.63) is 0 Å². The second-order valence-electron chi connectivity index (χ2n) is 6.30. The van der Waals surface area contributed by atoms with Crippen LogP contribution in [-0.4, -0.2) is 73.6 Å². The Bertz CT molecular complexity index is 234. The first-order valence-electron chi connectivity index (χ1n) is 7.83. The number of hydrogen-bond acceptors (Lipinski definition) is 3. The van der Waals surface area contributed by atoms with Gasteiger partial charge in [0.25, 0.3) is 0 Å². The zero-order valence-electron chi connectivity index (χ0n) is 12.6. The fraction of sp³-hybridized carbons (Fsp3) is 1.00. The lowest BCUT2D eigenvalue weighted by atomic mass is 9.98. The van der Waals surface area contributed by atoms with Crippen molar-refractivity contribution in [1.82, 2.24) is 14.7 Å². The van der Waals surface area contributed by atoms with Gasteiger partial charge in [-0.25, -0.2) is 0 Å². The first-order valence-corrected chi connectivity index (χ1v) is 7.83. The van der Waals surface area contributed by atoms with Crippen LogP contribution >= 0.6 is 0 Å². The van der Waals surface area contributed by atoms with Gasteiger partial charge in [-0.15, -0.1) is 0 Å². The summed E-state index contributed by atoms with van der Waals surface area (Å²) >= 11 is 0. The number of hydrogen-bond donors (Lipinski definition) is 0. The van der Waals surface area contributed by atoms with Gasteiger partial charge in [0, 0.05) is 18.6 Å². The zero-order chi connectivity index (χ0) is 13.0. The first-order chi connectivity index (χ1) is 8.70. The highest BCUT2D eigenvalue weighted by molar-refractivity contribution is 4.85. The summed E-state index contributed by atoms with van der Waals surface area (Å²) in [5.74, 6) is 0. The summed E-state index contributed by atoms with van der Waals surface area (Å²) in [5, 5.41) is 0. The van der Waals surface area contributed by atoms with Crippen LogP contribution in [0, 0.1) is 0 Å². The molecule has 0 aromatic heterocycles. The Balaban J connectivity index is 1.82. The first kappa shape index (κ1) is 14.3. The zero-order valence-corrected chi connectivity index (χ0v) is 12.6. The van der Waals surface area contributed by atoms with Crippen LogP contribution in [-0.2, 0) is 0 Å². The van der Waals surface area contributed by atoms with Crippen LogP contribution in [0.3, 0.4) is 0 Å². The van der Waals surface area contributed by atoms with E-state index in [4.69, 9.17) is 0 Å². The number of likely N-dealkylation sites (N-methyl/N-ethyl adjacent to an activating group) is 1. The summed E-state index contributed by atoms with van der Waals surface area (Å²) in [6.07, 6.45) is 6.81. The lowest BCUT2D eigenvalue weighted by Crippen LogP contribution is -2.52. The molecule has 18 heavy (non-hydrogen) atoms. The topological polar surface area (TPSA) is 9.72 Å². The minimum Gasteiger partial charge on any atom is -0.306 e. The van der Waals surface area contributed by atoms with E-state index in [0.717, 1.165) is 12.1 Å². The van der Waals surface area contributed by atoms with Crippen LogP contribution in [0.5, 0.6) is 0 Å². The SMILES string of the molecule is CCCN1CCCC(N(C)C2CCN(C)CC2)C1. The molecule has 106 valence electrons. The third-order valence-electron chi connectivity index (χ3n) is 4.86. The molecular weight excluding hydrogens is 222 g/mol. The molecule has 2 fully saturated rings. The summed E-state index contributed by atoms with van der Waals surface area (Å²) < 4.78 is 0. The van der Waals surface area contributed by atoms with E-state index in [1.54, 1.807) is 0 Å². The summed E-state index contributed by atoms with van der Waals surface area (Å²) in [7, 11) is 4.62. The van der Waals surface area contributed by atoms with E-state index in [2.05, 4.69) is 35.7 Å². The smallest absolute Gasteiger partial charge is 0.0223 e. The van der Waals surface area contributed by atoms with E-state index < -0.39 is 0 Å². The molecule has 0 saturated carbocycles. The standard InChI is InChI=1S/C15H31N3/c1-4-9-18-10-5-6-15(13-18)17(3)14-7-11-16(2)12-8-14/h14-15H,4-13H2,1-3H3. The van der Waals surface area contributed by atoms with E-state index in [0.29, 0.717) is 0 Å². The van der Waals surface area contributed by atoms with Crippen LogP contribution in [0.1, 0.15) is 39.0 Å². The van der Waals surface area contributed by atoms with Crippen molar-refractivity contribution >= 4 is 0 Å². The predicted octanol–water partition coefficient (Wildman–Crippen LogP) is 1.89. The molecule has 2 aliphatic rings. The van der Waals surface area contributed by atoms with E-state index >= 15 is 0 Å². The lowest BCUT2D eigenvalue weighted by Gasteiger charge is -2.43. The third-order valence-corrected chi connectivity index (χ3v) is 4.86. The average molecular weight is 253 g/mol. The molecule has 0 spiro atoms. The Morgan fingerprint density at radius 2 is 1.78 bits per heavy atom. The molecule has 0 amide bonds. The molecule has 2 heterocycles. The summed E-state index contributed by atoms with van der Waals surface area (Å²) in [5.41, 5.74) is 0. The van der Waals surface area contributed by atoms with Crippen molar-refractivity contribution in [3.63, 3.8) is 0 Å². The largest absolute Gasteiger partial charge is 0.306 e. The van der Waals surface area contributed by atoms with Crippen LogP contribution in [0.15, 0.2) is 0 Å². The molecule has 0 aromatic carbocycles. The highest BCUT2D eigenvalue weighted by Gasteiger charge is 2.28. The van der Waals surface area contributed by atoms with Gasteiger partial charge in [-0.1, -0.05) is 6.92 Å². The Labute approximate surface area is 113 Å². The fourth-order valence-corrected chi connectivity index (χ4v) is 3.58. The second kappa shape index (κ2) is 6.88. The van der Waals surface area contributed by atoms with Crippen LogP contribution in [0.2, 0.25) is 0 Å². The van der Waals surface area contributed by atoms with Crippen molar-refractivity contribution in [2.45, 2.75) is 51.1 Å². The third kappa shape index (κ3) is 3.69. The number of nitrogens with zero attached hydrogens (tertiary/aromatic N) is 3. The molecule has 0 bridgehead atoms. The molecule has 2 rings (SSSR count). The molecule has 1 unspecified atom stereocenters. The van der Waals surface area contributed by atoms with Gasteiger partial charge in [-0.3, -0.25) is 4.90 Å². The molecule has 0 N–H and O–H groups in total. The maximum atomic E-state index is 2.70. The quantitative estimate of drug-likeness (QED) is 0.757. The average Bonchev–Trinajstić information content (AvgIpc) is 2.39. The number of likely N-dealkylation sites (tertiary alicyclic amines) is 2. The highest BCUT2D eigenvalue weighted by atomic mass is 15.2. The van der Waals surface area contributed by atoms with Gasteiger partial charge >= 0.3 is 0 Å². The summed E-state index contributed by atoms with van der Waals surface area (Å²) in [4.78, 5) is 7.84. The van der Waals surface area contributed by atoms with Crippen LogP contribution in [0.25, 0.3) is 0 Å². The van der Waals surface area contributed by atoms with Crippen LogP contribution < -0.4 is 0 Å². The lowest BCUT2D eigenvalue weighted by molar-refractivity contribution is 0.0588. The van der Waals surface area contributed by atoms with Gasteiger partial charge in [0.15, 0.2) is 0 Å². The van der Waals surface area contributed by atoms with Crippen molar-refractivity contribution in [2.75, 3.05) is 46.8 Å². The molecule has 0 radical (unpaired) electrons. The minimum absolute atomic E-state index is 0.804. The van der Waals surface area contributed by atoms with Gasteiger partial charge in [0.05, 0.1) is 0 Å². The fourth-order valence-electron chi connectivity index (χ4n) is 3.58. The van der Waals surface area contributed by atoms with Gasteiger partial charge in [0.2, 0.25) is 0 Å². The monoisotopic (exact) mass is 253 g/mol. The molecule has 2 saturated heterocycles. The summed E-state index contributed by atoms with van der Waals surface area (Å²) in [6, 6.07) is 1.63. The van der Waals surface area contributed by atoms with E-state index in [9.17, 15) is 0 Å². The Morgan fingerprint density at radius 1 is 1.06 bits per heavy atom. The molecule has 0 aliphatic carbocycles. The molecule has 3 heteroatoms. The molecular formula is C15H31N3. The van der Waals surface area contributed by atoms with Crippen LogP contribution in [0.4, 0.5) is 0 Å². The number of piperidine rings is 2. The minimum atomic E-state index is 0.804. The van der Waals surface area contributed by atoms with E-state index in [-0.39, 0.29) is 0 Å². The normalized spacial score (nSPS) is 29.0. The highest BCUT2D eigenvalue weighted by Crippen LogP contribution is 2.21. The summed E-state index contributed by atoms with van der Waals surface area (Å²) in [6.45, 7) is 8.77. The Morgan fingerprint density at radius 3 is 2.44 bits per heavy atom. The van der Waals surface area contributed by atoms with Gasteiger partial charge < -0.3 is 9.80 Å². The number of rotatable bonds is 4. The second-order valence-corrected chi connectivity index (χ2v) is 6.30. The van der Waals surface area contributed by atoms with Gasteiger partial charge in [-0.05, 0) is 72.4 Å². The van der Waals surface area contributed by atoms with Crippen molar-refractivity contribution in [2.24, 2.45) is 0 Å². The maximum Gasteiger partial charge on any atom is 0.0223 e. The predicted molar refractivity (Wildman–Crippen MR) is 78.0 cm³/mol. The molecule has 1 atom stereocenters. The van der Waals surface area contributed by atoms with Gasteiger partial charge in [-0.2, -0.15) is 0 Å². The molecule has 0 aromatic rings. The Kier molecular flexibility index (Phi) is 5.46. The Hall–Kier alpha value is -0.120. The maximum absolute atomic E-state index is 2.70. The molecule has 2 aliphatic heterocycles. The van der Waals surface area contributed by atoms with Gasteiger partial charge in [0.1, 0.15) is 0 Å². The van der Waals surface area contributed by atoms with E-state index in [1.165, 1.54) is 64.8 Å². The van der Waals surface area contributed by atoms with Crippen molar-refractivity contribution in [1.29, 1.82) is 0 Å².